The van der Waals surface area contributed by atoms with Crippen LogP contribution in [-0.4, -0.2) is 25.2 Å². The number of ether oxygens (including phenoxy) is 1. The van der Waals surface area contributed by atoms with Crippen LogP contribution in [-0.2, 0) is 6.42 Å². The Balaban J connectivity index is 1.90. The van der Waals surface area contributed by atoms with Gasteiger partial charge in [-0.2, -0.15) is 0 Å². The van der Waals surface area contributed by atoms with Gasteiger partial charge in [0.1, 0.15) is 0 Å². The number of halogens is 1. The third-order valence-corrected chi connectivity index (χ3v) is 4.48. The summed E-state index contributed by atoms with van der Waals surface area (Å²) in [6, 6.07) is 8.01. The van der Waals surface area contributed by atoms with E-state index < -0.39 is 0 Å². The van der Waals surface area contributed by atoms with Crippen LogP contribution in [0, 0.1) is 5.92 Å². The molecule has 0 spiro atoms. The van der Waals surface area contributed by atoms with Gasteiger partial charge < -0.3 is 10.1 Å². The van der Waals surface area contributed by atoms with Crippen molar-refractivity contribution < 1.29 is 4.74 Å². The molecule has 1 aliphatic rings. The fraction of sp³-hybridized carbons (Fsp3) is 0.438. The van der Waals surface area contributed by atoms with Crippen LogP contribution < -0.4 is 10.1 Å². The largest absolute Gasteiger partial charge is 0.481 e. The highest BCUT2D eigenvalue weighted by atomic mass is 35.5. The fourth-order valence-corrected chi connectivity index (χ4v) is 3.16. The SMILES string of the molecule is COc1ccc2c(Cl)c(CC3CCNCC3)ccc2n1. The molecule has 0 bridgehead atoms. The molecule has 1 fully saturated rings. The van der Waals surface area contributed by atoms with E-state index in [0.717, 1.165) is 41.4 Å². The van der Waals surface area contributed by atoms with Gasteiger partial charge in [0, 0.05) is 11.5 Å². The normalized spacial score (nSPS) is 16.5. The number of hydrogen-bond acceptors (Lipinski definition) is 3. The van der Waals surface area contributed by atoms with E-state index in [9.17, 15) is 0 Å². The predicted molar refractivity (Wildman–Crippen MR) is 82.6 cm³/mol. The molecule has 4 heteroatoms. The molecule has 0 radical (unpaired) electrons. The minimum atomic E-state index is 0.625. The summed E-state index contributed by atoms with van der Waals surface area (Å²) in [5, 5.41) is 5.26. The Morgan fingerprint density at radius 1 is 1.25 bits per heavy atom. The first kappa shape index (κ1) is 13.7. The molecule has 0 aliphatic carbocycles. The summed E-state index contributed by atoms with van der Waals surface area (Å²) >= 11 is 6.56. The van der Waals surface area contributed by atoms with Crippen LogP contribution in [0.4, 0.5) is 0 Å². The molecule has 2 heterocycles. The van der Waals surface area contributed by atoms with Crippen LogP contribution in [0.25, 0.3) is 10.9 Å². The third-order valence-electron chi connectivity index (χ3n) is 4.04. The maximum atomic E-state index is 6.56. The summed E-state index contributed by atoms with van der Waals surface area (Å²) in [5.74, 6) is 1.36. The van der Waals surface area contributed by atoms with E-state index in [-0.39, 0.29) is 0 Å². The van der Waals surface area contributed by atoms with Gasteiger partial charge in [-0.1, -0.05) is 17.7 Å². The van der Waals surface area contributed by atoms with E-state index >= 15 is 0 Å². The van der Waals surface area contributed by atoms with E-state index in [0.29, 0.717) is 5.88 Å². The zero-order valence-corrected chi connectivity index (χ0v) is 12.4. The average molecular weight is 291 g/mol. The second-order valence-corrected chi connectivity index (χ2v) is 5.73. The van der Waals surface area contributed by atoms with Crippen LogP contribution in [0.1, 0.15) is 18.4 Å². The number of benzene rings is 1. The molecule has 3 rings (SSSR count). The topological polar surface area (TPSA) is 34.1 Å². The molecule has 106 valence electrons. The second kappa shape index (κ2) is 5.98. The molecule has 1 N–H and O–H groups in total. The van der Waals surface area contributed by atoms with E-state index in [2.05, 4.69) is 16.4 Å². The summed E-state index contributed by atoms with van der Waals surface area (Å²) in [6.45, 7) is 2.24. The van der Waals surface area contributed by atoms with E-state index in [1.54, 1.807) is 7.11 Å². The van der Waals surface area contributed by atoms with E-state index in [1.165, 1.54) is 18.4 Å². The minimum absolute atomic E-state index is 0.625. The highest BCUT2D eigenvalue weighted by Gasteiger charge is 2.16. The lowest BCUT2D eigenvalue weighted by Crippen LogP contribution is -2.28. The summed E-state index contributed by atoms with van der Waals surface area (Å²) in [7, 11) is 1.63. The van der Waals surface area contributed by atoms with Crippen molar-refractivity contribution in [2.45, 2.75) is 19.3 Å². The summed E-state index contributed by atoms with van der Waals surface area (Å²) in [4.78, 5) is 4.43. The molecule has 1 aromatic carbocycles. The molecule has 2 aromatic rings. The van der Waals surface area contributed by atoms with Crippen molar-refractivity contribution >= 4 is 22.5 Å². The van der Waals surface area contributed by atoms with Gasteiger partial charge in [-0.3, -0.25) is 0 Å². The second-order valence-electron chi connectivity index (χ2n) is 5.36. The molecule has 20 heavy (non-hydrogen) atoms. The summed E-state index contributed by atoms with van der Waals surface area (Å²) < 4.78 is 5.15. The number of methoxy groups -OCH3 is 1. The standard InChI is InChI=1S/C16H19ClN2O/c1-20-15-5-3-13-14(19-15)4-2-12(16(13)17)10-11-6-8-18-9-7-11/h2-5,11,18H,6-10H2,1H3. The van der Waals surface area contributed by atoms with Crippen molar-refractivity contribution in [2.75, 3.05) is 20.2 Å². The van der Waals surface area contributed by atoms with Crippen LogP contribution in [0.15, 0.2) is 24.3 Å². The number of fused-ring (bicyclic) bond motifs is 1. The van der Waals surface area contributed by atoms with E-state index in [1.807, 2.05) is 18.2 Å². The predicted octanol–water partition coefficient (Wildman–Crippen LogP) is 3.44. The van der Waals surface area contributed by atoms with Crippen molar-refractivity contribution in [2.24, 2.45) is 5.92 Å². The van der Waals surface area contributed by atoms with Crippen LogP contribution >= 0.6 is 11.6 Å². The third kappa shape index (κ3) is 2.74. The Morgan fingerprint density at radius 3 is 2.80 bits per heavy atom. The number of piperidine rings is 1. The number of hydrogen-bond donors (Lipinski definition) is 1. The monoisotopic (exact) mass is 290 g/mol. The molecule has 1 aliphatic heterocycles. The van der Waals surface area contributed by atoms with Gasteiger partial charge in [0.15, 0.2) is 0 Å². The number of nitrogens with one attached hydrogen (secondary N) is 1. The Bertz CT molecular complexity index is 609. The van der Waals surface area contributed by atoms with Gasteiger partial charge >= 0.3 is 0 Å². The molecular formula is C16H19ClN2O. The van der Waals surface area contributed by atoms with Crippen molar-refractivity contribution in [1.82, 2.24) is 10.3 Å². The molecule has 0 atom stereocenters. The minimum Gasteiger partial charge on any atom is -0.481 e. The van der Waals surface area contributed by atoms with E-state index in [4.69, 9.17) is 16.3 Å². The fourth-order valence-electron chi connectivity index (χ4n) is 2.86. The zero-order valence-electron chi connectivity index (χ0n) is 11.7. The first-order chi connectivity index (χ1) is 9.78. The van der Waals surface area contributed by atoms with Crippen molar-refractivity contribution in [3.8, 4) is 5.88 Å². The molecule has 0 unspecified atom stereocenters. The number of pyridine rings is 1. The highest BCUT2D eigenvalue weighted by Crippen LogP contribution is 2.30. The molecule has 1 saturated heterocycles. The van der Waals surface area contributed by atoms with Gasteiger partial charge in [-0.25, -0.2) is 4.98 Å². The first-order valence-electron chi connectivity index (χ1n) is 7.11. The smallest absolute Gasteiger partial charge is 0.213 e. The van der Waals surface area contributed by atoms with Crippen LogP contribution in [0.3, 0.4) is 0 Å². The molecule has 0 saturated carbocycles. The zero-order chi connectivity index (χ0) is 13.9. The Morgan fingerprint density at radius 2 is 2.05 bits per heavy atom. The van der Waals surface area contributed by atoms with Gasteiger partial charge in [0.2, 0.25) is 5.88 Å². The van der Waals surface area contributed by atoms with Gasteiger partial charge in [0.05, 0.1) is 17.6 Å². The lowest BCUT2D eigenvalue weighted by atomic mass is 9.90. The van der Waals surface area contributed by atoms with Crippen molar-refractivity contribution in [3.63, 3.8) is 0 Å². The summed E-state index contributed by atoms with van der Waals surface area (Å²) in [5.41, 5.74) is 2.13. The number of rotatable bonds is 3. The maximum Gasteiger partial charge on any atom is 0.213 e. The molecule has 3 nitrogen and oxygen atoms in total. The van der Waals surface area contributed by atoms with Gasteiger partial charge in [-0.15, -0.1) is 0 Å². The van der Waals surface area contributed by atoms with Crippen LogP contribution in [0.5, 0.6) is 5.88 Å². The van der Waals surface area contributed by atoms with Gasteiger partial charge in [0.25, 0.3) is 0 Å². The number of aromatic nitrogens is 1. The molecular weight excluding hydrogens is 272 g/mol. The Hall–Kier alpha value is -1.32. The van der Waals surface area contributed by atoms with Crippen LogP contribution in [0.2, 0.25) is 5.02 Å². The quantitative estimate of drug-likeness (QED) is 0.940. The summed E-state index contributed by atoms with van der Waals surface area (Å²) in [6.07, 6.45) is 3.52. The Labute approximate surface area is 124 Å². The molecule has 1 aromatic heterocycles. The van der Waals surface area contributed by atoms with Crippen molar-refractivity contribution in [3.05, 3.63) is 34.9 Å². The lowest BCUT2D eigenvalue weighted by molar-refractivity contribution is 0.373. The highest BCUT2D eigenvalue weighted by molar-refractivity contribution is 6.36. The average Bonchev–Trinajstić information content (AvgIpc) is 2.51. The lowest BCUT2D eigenvalue weighted by Gasteiger charge is -2.23. The maximum absolute atomic E-state index is 6.56. The Kier molecular flexibility index (Phi) is 4.08. The van der Waals surface area contributed by atoms with Gasteiger partial charge in [-0.05, 0) is 56.0 Å². The first-order valence-corrected chi connectivity index (χ1v) is 7.48. The number of nitrogens with zero attached hydrogens (tertiary/aromatic N) is 1. The van der Waals surface area contributed by atoms with Crippen molar-refractivity contribution in [1.29, 1.82) is 0 Å². The molecule has 0 amide bonds.